The topological polar surface area (TPSA) is 40.5 Å². The van der Waals surface area contributed by atoms with Crippen LogP contribution in [0, 0.1) is 17.3 Å². The van der Waals surface area contributed by atoms with Gasteiger partial charge in [0.25, 0.3) is 0 Å². The van der Waals surface area contributed by atoms with Crippen molar-refractivity contribution in [3.8, 4) is 0 Å². The van der Waals surface area contributed by atoms with Gasteiger partial charge >= 0.3 is 5.97 Å². The van der Waals surface area contributed by atoms with Crippen molar-refractivity contribution in [1.82, 2.24) is 4.90 Å². The van der Waals surface area contributed by atoms with E-state index in [1.807, 2.05) is 0 Å². The zero-order valence-corrected chi connectivity index (χ0v) is 11.9. The summed E-state index contributed by atoms with van der Waals surface area (Å²) in [6.45, 7) is 12.5. The summed E-state index contributed by atoms with van der Waals surface area (Å²) in [5.41, 5.74) is 0.407. The van der Waals surface area contributed by atoms with Crippen molar-refractivity contribution in [3.63, 3.8) is 0 Å². The Morgan fingerprint density at radius 1 is 1.47 bits per heavy atom. The summed E-state index contributed by atoms with van der Waals surface area (Å²) in [6.07, 6.45) is 2.43. The Kier molecular flexibility index (Phi) is 4.59. The number of nitrogens with zero attached hydrogens (tertiary/aromatic N) is 1. The number of rotatable bonds is 5. The van der Waals surface area contributed by atoms with Crippen molar-refractivity contribution in [3.05, 3.63) is 0 Å². The predicted octanol–water partition coefficient (Wildman–Crippen LogP) is 2.85. The molecule has 1 aliphatic carbocycles. The maximum atomic E-state index is 10.9. The summed E-state index contributed by atoms with van der Waals surface area (Å²) < 4.78 is 0. The summed E-state index contributed by atoms with van der Waals surface area (Å²) in [7, 11) is 0. The van der Waals surface area contributed by atoms with Crippen molar-refractivity contribution in [1.29, 1.82) is 0 Å². The van der Waals surface area contributed by atoms with Crippen molar-refractivity contribution in [2.75, 3.05) is 13.1 Å². The molecule has 0 amide bonds. The molecule has 1 fully saturated rings. The number of hydrogen-bond acceptors (Lipinski definition) is 2. The lowest BCUT2D eigenvalue weighted by molar-refractivity contribution is -0.142. The number of carboxylic acids is 1. The Labute approximate surface area is 105 Å². The molecule has 0 aromatic rings. The fourth-order valence-electron chi connectivity index (χ4n) is 3.28. The molecule has 100 valence electrons. The van der Waals surface area contributed by atoms with E-state index in [2.05, 4.69) is 32.6 Å². The molecule has 0 saturated heterocycles. The van der Waals surface area contributed by atoms with Crippen LogP contribution in [0.2, 0.25) is 0 Å². The van der Waals surface area contributed by atoms with E-state index in [9.17, 15) is 4.79 Å². The van der Waals surface area contributed by atoms with Gasteiger partial charge in [-0.25, -0.2) is 0 Å². The SMILES string of the molecule is CCN(CC(C)C(=O)O)C1CC(C)(C)CC1C. The van der Waals surface area contributed by atoms with E-state index in [0.717, 1.165) is 6.54 Å². The summed E-state index contributed by atoms with van der Waals surface area (Å²) in [6, 6.07) is 0.553. The van der Waals surface area contributed by atoms with E-state index in [1.165, 1.54) is 12.8 Å². The monoisotopic (exact) mass is 241 g/mol. The molecular formula is C14H27NO2. The van der Waals surface area contributed by atoms with Crippen molar-refractivity contribution in [2.45, 2.75) is 53.5 Å². The van der Waals surface area contributed by atoms with Gasteiger partial charge in [0.2, 0.25) is 0 Å². The second-order valence-electron chi connectivity index (χ2n) is 6.44. The van der Waals surface area contributed by atoms with Gasteiger partial charge in [-0.05, 0) is 30.7 Å². The highest BCUT2D eigenvalue weighted by Gasteiger charge is 2.39. The second-order valence-corrected chi connectivity index (χ2v) is 6.44. The third-order valence-corrected chi connectivity index (χ3v) is 4.10. The van der Waals surface area contributed by atoms with Gasteiger partial charge in [0.1, 0.15) is 0 Å². The summed E-state index contributed by atoms with van der Waals surface area (Å²) in [5, 5.41) is 9.01. The maximum absolute atomic E-state index is 10.9. The third-order valence-electron chi connectivity index (χ3n) is 4.10. The summed E-state index contributed by atoms with van der Waals surface area (Å²) >= 11 is 0. The van der Waals surface area contributed by atoms with Crippen LogP contribution in [0.4, 0.5) is 0 Å². The Morgan fingerprint density at radius 2 is 2.06 bits per heavy atom. The molecule has 1 saturated carbocycles. The average Bonchev–Trinajstić information content (AvgIpc) is 2.48. The summed E-state index contributed by atoms with van der Waals surface area (Å²) in [5.74, 6) is -0.287. The number of hydrogen-bond donors (Lipinski definition) is 1. The van der Waals surface area contributed by atoms with Crippen LogP contribution in [0.5, 0.6) is 0 Å². The van der Waals surface area contributed by atoms with Crippen LogP contribution in [-0.4, -0.2) is 35.1 Å². The van der Waals surface area contributed by atoms with Crippen molar-refractivity contribution in [2.24, 2.45) is 17.3 Å². The van der Waals surface area contributed by atoms with Crippen LogP contribution < -0.4 is 0 Å². The molecule has 0 aromatic carbocycles. The Morgan fingerprint density at radius 3 is 2.41 bits per heavy atom. The molecule has 0 aliphatic heterocycles. The normalized spacial score (nSPS) is 29.5. The zero-order valence-electron chi connectivity index (χ0n) is 11.9. The third kappa shape index (κ3) is 3.70. The highest BCUT2D eigenvalue weighted by Crippen LogP contribution is 2.43. The molecule has 1 N–H and O–H groups in total. The van der Waals surface area contributed by atoms with Gasteiger partial charge in [0, 0.05) is 12.6 Å². The molecular weight excluding hydrogens is 214 g/mol. The first-order valence-electron chi connectivity index (χ1n) is 6.73. The quantitative estimate of drug-likeness (QED) is 0.804. The first-order chi connectivity index (χ1) is 7.76. The lowest BCUT2D eigenvalue weighted by atomic mass is 9.91. The van der Waals surface area contributed by atoms with E-state index in [1.54, 1.807) is 6.92 Å². The Hall–Kier alpha value is -0.570. The number of aliphatic carboxylic acids is 1. The molecule has 0 heterocycles. The molecule has 0 spiro atoms. The fraction of sp³-hybridized carbons (Fsp3) is 0.929. The van der Waals surface area contributed by atoms with Crippen LogP contribution in [0.15, 0.2) is 0 Å². The van der Waals surface area contributed by atoms with Crippen molar-refractivity contribution < 1.29 is 9.90 Å². The average molecular weight is 241 g/mol. The van der Waals surface area contributed by atoms with Crippen molar-refractivity contribution >= 4 is 5.97 Å². The molecule has 3 nitrogen and oxygen atoms in total. The molecule has 0 bridgehead atoms. The first-order valence-corrected chi connectivity index (χ1v) is 6.73. The van der Waals surface area contributed by atoms with Gasteiger partial charge in [0.05, 0.1) is 5.92 Å². The number of carbonyl (C=O) groups is 1. The minimum Gasteiger partial charge on any atom is -0.481 e. The Bertz CT molecular complexity index is 275. The van der Waals surface area contributed by atoms with Crippen LogP contribution in [0.3, 0.4) is 0 Å². The fourth-order valence-corrected chi connectivity index (χ4v) is 3.28. The van der Waals surface area contributed by atoms with E-state index in [-0.39, 0.29) is 5.92 Å². The molecule has 3 atom stereocenters. The lowest BCUT2D eigenvalue weighted by Crippen LogP contribution is -2.41. The van der Waals surface area contributed by atoms with Crippen LogP contribution in [-0.2, 0) is 4.79 Å². The van der Waals surface area contributed by atoms with Gasteiger partial charge < -0.3 is 5.11 Å². The first kappa shape index (κ1) is 14.5. The highest BCUT2D eigenvalue weighted by molar-refractivity contribution is 5.69. The Balaban J connectivity index is 2.65. The predicted molar refractivity (Wildman–Crippen MR) is 70.0 cm³/mol. The van der Waals surface area contributed by atoms with Crippen LogP contribution in [0.1, 0.15) is 47.5 Å². The van der Waals surface area contributed by atoms with E-state index < -0.39 is 5.97 Å². The van der Waals surface area contributed by atoms with Gasteiger partial charge in [-0.3, -0.25) is 9.69 Å². The molecule has 3 heteroatoms. The smallest absolute Gasteiger partial charge is 0.307 e. The molecule has 3 unspecified atom stereocenters. The molecule has 1 aliphatic rings. The zero-order chi connectivity index (χ0) is 13.2. The minimum atomic E-state index is -0.687. The van der Waals surface area contributed by atoms with Crippen LogP contribution in [0.25, 0.3) is 0 Å². The van der Waals surface area contributed by atoms with Crippen LogP contribution >= 0.6 is 0 Å². The minimum absolute atomic E-state index is 0.272. The van der Waals surface area contributed by atoms with E-state index >= 15 is 0 Å². The molecule has 17 heavy (non-hydrogen) atoms. The van der Waals surface area contributed by atoms with E-state index in [4.69, 9.17) is 5.11 Å². The largest absolute Gasteiger partial charge is 0.481 e. The van der Waals surface area contributed by atoms with Gasteiger partial charge in [-0.2, -0.15) is 0 Å². The van der Waals surface area contributed by atoms with Gasteiger partial charge in [-0.15, -0.1) is 0 Å². The lowest BCUT2D eigenvalue weighted by Gasteiger charge is -2.32. The maximum Gasteiger partial charge on any atom is 0.307 e. The summed E-state index contributed by atoms with van der Waals surface area (Å²) in [4.78, 5) is 13.3. The van der Waals surface area contributed by atoms with Gasteiger partial charge in [0.15, 0.2) is 0 Å². The molecule has 1 rings (SSSR count). The second kappa shape index (κ2) is 5.38. The molecule has 0 aromatic heterocycles. The van der Waals surface area contributed by atoms with Gasteiger partial charge in [-0.1, -0.05) is 34.6 Å². The highest BCUT2D eigenvalue weighted by atomic mass is 16.4. The van der Waals surface area contributed by atoms with E-state index in [0.29, 0.717) is 23.9 Å². The molecule has 0 radical (unpaired) electrons. The standard InChI is InChI=1S/C14H27NO2/c1-6-15(9-11(3)13(16)17)12-8-14(4,5)7-10(12)2/h10-12H,6-9H2,1-5H3,(H,16,17). The number of carboxylic acid groups (broad SMARTS) is 1.